The second-order valence-electron chi connectivity index (χ2n) is 2.17. The molecule has 0 aliphatic heterocycles. The third-order valence-corrected chi connectivity index (χ3v) is 1.71. The van der Waals surface area contributed by atoms with Gasteiger partial charge in [0, 0.05) is 5.56 Å². The van der Waals surface area contributed by atoms with Gasteiger partial charge in [0.25, 0.3) is 0 Å². The first-order valence-electron chi connectivity index (χ1n) is 2.94. The fraction of sp³-hybridized carbons (Fsp3) is 0.333. The van der Waals surface area contributed by atoms with Gasteiger partial charge in [-0.2, -0.15) is 0 Å². The predicted molar refractivity (Wildman–Crippen MR) is 43.3 cm³/mol. The van der Waals surface area contributed by atoms with E-state index in [2.05, 4.69) is 9.97 Å². The summed E-state index contributed by atoms with van der Waals surface area (Å²) in [5, 5.41) is 0. The summed E-state index contributed by atoms with van der Waals surface area (Å²) in [6.07, 6.45) is 0. The Morgan fingerprint density at radius 3 is 2.60 bits per heavy atom. The van der Waals surface area contributed by atoms with Gasteiger partial charge in [-0.1, -0.05) is 12.2 Å². The molecule has 1 heterocycles. The number of nitrogens with two attached hydrogens (primary N) is 1. The third kappa shape index (κ3) is 1.16. The number of anilines is 1. The average molecular weight is 155 g/mol. The van der Waals surface area contributed by atoms with Gasteiger partial charge in [-0.15, -0.1) is 0 Å². The molecular weight excluding hydrogens is 146 g/mol. The Hall–Kier alpha value is -0.900. The Labute approximate surface area is 64.3 Å². The second kappa shape index (κ2) is 2.38. The molecule has 0 aliphatic rings. The van der Waals surface area contributed by atoms with Gasteiger partial charge >= 0.3 is 0 Å². The molecule has 0 radical (unpaired) electrons. The first-order chi connectivity index (χ1) is 4.61. The van der Waals surface area contributed by atoms with Crippen LogP contribution >= 0.6 is 12.2 Å². The van der Waals surface area contributed by atoms with Crippen LogP contribution in [-0.2, 0) is 0 Å². The lowest BCUT2D eigenvalue weighted by Crippen LogP contribution is -1.99. The number of rotatable bonds is 0. The number of H-pyrrole nitrogens is 1. The zero-order valence-electron chi connectivity index (χ0n) is 5.93. The van der Waals surface area contributed by atoms with E-state index in [9.17, 15) is 0 Å². The minimum atomic E-state index is 0.578. The maximum atomic E-state index is 5.56. The summed E-state index contributed by atoms with van der Waals surface area (Å²) in [5.74, 6) is 1.37. The molecule has 0 atom stereocenters. The molecule has 0 saturated heterocycles. The van der Waals surface area contributed by atoms with Crippen LogP contribution in [0.3, 0.4) is 0 Å². The second-order valence-corrected chi connectivity index (χ2v) is 2.55. The van der Waals surface area contributed by atoms with Gasteiger partial charge in [-0.05, 0) is 13.8 Å². The maximum absolute atomic E-state index is 5.56. The van der Waals surface area contributed by atoms with Crippen LogP contribution in [0.15, 0.2) is 0 Å². The van der Waals surface area contributed by atoms with Crippen molar-refractivity contribution in [2.24, 2.45) is 0 Å². The average Bonchev–Trinajstić information content (AvgIpc) is 1.82. The lowest BCUT2D eigenvalue weighted by molar-refractivity contribution is 1.03. The molecule has 0 aliphatic carbocycles. The molecule has 0 fully saturated rings. The summed E-state index contributed by atoms with van der Waals surface area (Å²) < 4.78 is 0.578. The monoisotopic (exact) mass is 155 g/mol. The van der Waals surface area contributed by atoms with E-state index in [0.717, 1.165) is 11.4 Å². The quantitative estimate of drug-likeness (QED) is 0.556. The molecule has 0 amide bonds. The molecule has 0 saturated carbocycles. The van der Waals surface area contributed by atoms with E-state index in [1.807, 2.05) is 13.8 Å². The van der Waals surface area contributed by atoms with Crippen molar-refractivity contribution in [1.82, 2.24) is 9.97 Å². The van der Waals surface area contributed by atoms with Gasteiger partial charge in [-0.3, -0.25) is 0 Å². The van der Waals surface area contributed by atoms with Crippen molar-refractivity contribution in [3.05, 3.63) is 16.0 Å². The largest absolute Gasteiger partial charge is 0.385 e. The molecule has 4 heteroatoms. The SMILES string of the molecule is Cc1nc(=S)c(C)c(N)[nH]1. The fourth-order valence-corrected chi connectivity index (χ4v) is 0.915. The Bertz CT molecular complexity index is 302. The van der Waals surface area contributed by atoms with Crippen LogP contribution in [0.25, 0.3) is 0 Å². The molecule has 1 aromatic heterocycles. The lowest BCUT2D eigenvalue weighted by Gasteiger charge is -1.99. The first kappa shape index (κ1) is 7.21. The van der Waals surface area contributed by atoms with Crippen molar-refractivity contribution < 1.29 is 0 Å². The molecular formula is C6H9N3S. The van der Waals surface area contributed by atoms with E-state index in [4.69, 9.17) is 18.0 Å². The number of nitrogens with one attached hydrogen (secondary N) is 1. The van der Waals surface area contributed by atoms with Crippen molar-refractivity contribution in [3.8, 4) is 0 Å². The fourth-order valence-electron chi connectivity index (χ4n) is 0.668. The van der Waals surface area contributed by atoms with E-state index >= 15 is 0 Å². The van der Waals surface area contributed by atoms with Crippen LogP contribution in [0.2, 0.25) is 0 Å². The maximum Gasteiger partial charge on any atom is 0.134 e. The number of aromatic amines is 1. The molecule has 0 aromatic carbocycles. The molecule has 3 nitrogen and oxygen atoms in total. The summed E-state index contributed by atoms with van der Waals surface area (Å²) in [6.45, 7) is 3.67. The molecule has 54 valence electrons. The highest BCUT2D eigenvalue weighted by molar-refractivity contribution is 7.71. The molecule has 1 aromatic rings. The van der Waals surface area contributed by atoms with Crippen LogP contribution < -0.4 is 5.73 Å². The third-order valence-electron chi connectivity index (χ3n) is 1.31. The number of nitrogens with zero attached hydrogens (tertiary/aromatic N) is 1. The summed E-state index contributed by atoms with van der Waals surface area (Å²) in [4.78, 5) is 6.89. The highest BCUT2D eigenvalue weighted by Crippen LogP contribution is 2.06. The van der Waals surface area contributed by atoms with Crippen molar-refractivity contribution in [1.29, 1.82) is 0 Å². The van der Waals surface area contributed by atoms with Crippen LogP contribution in [0.4, 0.5) is 5.82 Å². The molecule has 0 bridgehead atoms. The van der Waals surface area contributed by atoms with Crippen LogP contribution in [0.1, 0.15) is 11.4 Å². The summed E-state index contributed by atoms with van der Waals surface area (Å²) >= 11 is 4.92. The number of nitrogen functional groups attached to an aromatic ring is 1. The standard InChI is InChI=1S/C6H9N3S/c1-3-5(7)8-4(2)9-6(3)10/h1-2H3,(H3,7,8,9,10). The Morgan fingerprint density at radius 2 is 2.10 bits per heavy atom. The van der Waals surface area contributed by atoms with Gasteiger partial charge in [0.15, 0.2) is 0 Å². The first-order valence-corrected chi connectivity index (χ1v) is 3.35. The lowest BCUT2D eigenvalue weighted by atomic mass is 10.3. The van der Waals surface area contributed by atoms with Crippen LogP contribution in [0, 0.1) is 18.5 Å². The molecule has 0 unspecified atom stereocenters. The van der Waals surface area contributed by atoms with Crippen molar-refractivity contribution >= 4 is 18.0 Å². The molecule has 1 rings (SSSR count). The van der Waals surface area contributed by atoms with E-state index in [-0.39, 0.29) is 0 Å². The normalized spacial score (nSPS) is 9.80. The van der Waals surface area contributed by atoms with E-state index in [0.29, 0.717) is 10.5 Å². The summed E-state index contributed by atoms with van der Waals surface area (Å²) in [7, 11) is 0. The Kier molecular flexibility index (Phi) is 1.72. The topological polar surface area (TPSA) is 54.7 Å². The highest BCUT2D eigenvalue weighted by Gasteiger charge is 1.95. The van der Waals surface area contributed by atoms with Gasteiger partial charge in [-0.25, -0.2) is 4.98 Å². The van der Waals surface area contributed by atoms with E-state index in [1.54, 1.807) is 0 Å². The molecule has 3 N–H and O–H groups in total. The molecule has 10 heavy (non-hydrogen) atoms. The summed E-state index contributed by atoms with van der Waals surface area (Å²) in [6, 6.07) is 0. The minimum Gasteiger partial charge on any atom is -0.385 e. The molecule has 0 spiro atoms. The zero-order valence-corrected chi connectivity index (χ0v) is 6.75. The van der Waals surface area contributed by atoms with E-state index < -0.39 is 0 Å². The highest BCUT2D eigenvalue weighted by atomic mass is 32.1. The van der Waals surface area contributed by atoms with Gasteiger partial charge in [0.05, 0.1) is 0 Å². The Morgan fingerprint density at radius 1 is 1.50 bits per heavy atom. The van der Waals surface area contributed by atoms with Crippen LogP contribution in [0.5, 0.6) is 0 Å². The van der Waals surface area contributed by atoms with Gasteiger partial charge < -0.3 is 10.7 Å². The predicted octanol–water partition coefficient (Wildman–Crippen LogP) is 1.34. The van der Waals surface area contributed by atoms with Crippen LogP contribution in [-0.4, -0.2) is 9.97 Å². The number of aryl methyl sites for hydroxylation is 1. The van der Waals surface area contributed by atoms with Gasteiger partial charge in [0.1, 0.15) is 16.3 Å². The van der Waals surface area contributed by atoms with E-state index in [1.165, 1.54) is 0 Å². The zero-order chi connectivity index (χ0) is 7.72. The smallest absolute Gasteiger partial charge is 0.134 e. The van der Waals surface area contributed by atoms with Gasteiger partial charge in [0.2, 0.25) is 0 Å². The number of aromatic nitrogens is 2. The number of hydrogen-bond acceptors (Lipinski definition) is 3. The van der Waals surface area contributed by atoms with Crippen molar-refractivity contribution in [3.63, 3.8) is 0 Å². The Balaban J connectivity index is 3.46. The van der Waals surface area contributed by atoms with Crippen molar-refractivity contribution in [2.45, 2.75) is 13.8 Å². The van der Waals surface area contributed by atoms with Crippen molar-refractivity contribution in [2.75, 3.05) is 5.73 Å². The minimum absolute atomic E-state index is 0.578. The number of hydrogen-bond donors (Lipinski definition) is 2. The summed E-state index contributed by atoms with van der Waals surface area (Å²) in [5.41, 5.74) is 6.41.